The Morgan fingerprint density at radius 3 is 2.56 bits per heavy atom. The molecule has 1 rings (SSSR count). The number of alkyl halides is 1. The number of halogens is 3. The predicted molar refractivity (Wildman–Crippen MR) is 68.8 cm³/mol. The first kappa shape index (κ1) is 13.8. The Morgan fingerprint density at radius 2 is 2.00 bits per heavy atom. The first-order valence-corrected chi connectivity index (χ1v) is 6.39. The average Bonchev–Trinajstić information content (AvgIpc) is 2.15. The Labute approximate surface area is 107 Å². The summed E-state index contributed by atoms with van der Waals surface area (Å²) in [5.74, 6) is 0.333. The van der Waals surface area contributed by atoms with E-state index in [1.54, 1.807) is 12.1 Å². The third-order valence-electron chi connectivity index (χ3n) is 2.50. The summed E-state index contributed by atoms with van der Waals surface area (Å²) in [5.41, 5.74) is 0.582. The van der Waals surface area contributed by atoms with Gasteiger partial charge in [-0.3, -0.25) is 0 Å². The molecule has 0 aromatic heterocycles. The van der Waals surface area contributed by atoms with Crippen molar-refractivity contribution in [2.45, 2.75) is 38.5 Å². The average molecular weight is 263 g/mol. The van der Waals surface area contributed by atoms with Crippen molar-refractivity contribution in [1.82, 2.24) is 0 Å². The minimum Gasteiger partial charge on any atom is -0.207 e. The van der Waals surface area contributed by atoms with Crippen LogP contribution in [-0.4, -0.2) is 5.38 Å². The van der Waals surface area contributed by atoms with E-state index >= 15 is 0 Å². The van der Waals surface area contributed by atoms with Gasteiger partial charge in [0.15, 0.2) is 0 Å². The molecule has 3 heteroatoms. The largest absolute Gasteiger partial charge is 0.207 e. The number of benzene rings is 1. The van der Waals surface area contributed by atoms with Crippen molar-refractivity contribution in [3.05, 3.63) is 34.6 Å². The van der Waals surface area contributed by atoms with Crippen LogP contribution in [0.1, 0.15) is 32.3 Å². The van der Waals surface area contributed by atoms with Gasteiger partial charge in [0, 0.05) is 16.0 Å². The minimum atomic E-state index is -0.235. The Hall–Kier alpha value is -0.270. The molecule has 0 saturated heterocycles. The Balaban J connectivity index is 2.54. The summed E-state index contributed by atoms with van der Waals surface area (Å²) in [4.78, 5) is 0. The van der Waals surface area contributed by atoms with Crippen LogP contribution in [-0.2, 0) is 6.42 Å². The zero-order valence-electron chi connectivity index (χ0n) is 9.64. The first-order valence-electron chi connectivity index (χ1n) is 5.57. The minimum absolute atomic E-state index is 0.0932. The van der Waals surface area contributed by atoms with Crippen LogP contribution in [0.3, 0.4) is 0 Å². The fourth-order valence-electron chi connectivity index (χ4n) is 1.70. The van der Waals surface area contributed by atoms with Crippen molar-refractivity contribution < 1.29 is 4.39 Å². The standard InChI is InChI=1S/C13H17Cl2F/c1-9(2)8-10(14)6-7-11-12(15)4-3-5-13(11)16/h3-5,9-10H,6-8H2,1-2H3. The van der Waals surface area contributed by atoms with Crippen LogP contribution in [0.4, 0.5) is 4.39 Å². The van der Waals surface area contributed by atoms with Crippen molar-refractivity contribution in [2.24, 2.45) is 5.92 Å². The van der Waals surface area contributed by atoms with Crippen LogP contribution in [0.2, 0.25) is 5.02 Å². The molecule has 0 aliphatic carbocycles. The molecule has 0 heterocycles. The van der Waals surface area contributed by atoms with Crippen LogP contribution in [0, 0.1) is 11.7 Å². The van der Waals surface area contributed by atoms with Crippen LogP contribution < -0.4 is 0 Å². The Morgan fingerprint density at radius 1 is 1.31 bits per heavy atom. The van der Waals surface area contributed by atoms with Gasteiger partial charge in [0.25, 0.3) is 0 Å². The van der Waals surface area contributed by atoms with Gasteiger partial charge in [0.2, 0.25) is 0 Å². The third-order valence-corrected chi connectivity index (χ3v) is 3.25. The highest BCUT2D eigenvalue weighted by Crippen LogP contribution is 2.23. The van der Waals surface area contributed by atoms with E-state index in [-0.39, 0.29) is 11.2 Å². The molecule has 0 amide bonds. The maximum absolute atomic E-state index is 13.4. The van der Waals surface area contributed by atoms with Gasteiger partial charge in [-0.05, 0) is 37.3 Å². The van der Waals surface area contributed by atoms with E-state index in [1.165, 1.54) is 6.07 Å². The molecular weight excluding hydrogens is 246 g/mol. The lowest BCUT2D eigenvalue weighted by atomic mass is 10.0. The molecule has 0 N–H and O–H groups in total. The van der Waals surface area contributed by atoms with Gasteiger partial charge in [0.05, 0.1) is 0 Å². The first-order chi connectivity index (χ1) is 7.50. The van der Waals surface area contributed by atoms with Gasteiger partial charge in [0.1, 0.15) is 5.82 Å². The van der Waals surface area contributed by atoms with Crippen molar-refractivity contribution in [3.8, 4) is 0 Å². The number of hydrogen-bond donors (Lipinski definition) is 0. The molecule has 0 fully saturated rings. The lowest BCUT2D eigenvalue weighted by Crippen LogP contribution is -2.06. The van der Waals surface area contributed by atoms with Gasteiger partial charge >= 0.3 is 0 Å². The zero-order chi connectivity index (χ0) is 12.1. The smallest absolute Gasteiger partial charge is 0.127 e. The molecule has 1 aromatic carbocycles. The van der Waals surface area contributed by atoms with Crippen molar-refractivity contribution in [2.75, 3.05) is 0 Å². The van der Waals surface area contributed by atoms with Crippen molar-refractivity contribution >= 4 is 23.2 Å². The van der Waals surface area contributed by atoms with E-state index in [9.17, 15) is 4.39 Å². The number of hydrogen-bond acceptors (Lipinski definition) is 0. The maximum atomic E-state index is 13.4. The molecule has 0 saturated carbocycles. The molecule has 0 nitrogen and oxygen atoms in total. The van der Waals surface area contributed by atoms with Crippen LogP contribution in [0.15, 0.2) is 18.2 Å². The van der Waals surface area contributed by atoms with Crippen molar-refractivity contribution in [1.29, 1.82) is 0 Å². The second kappa shape index (κ2) is 6.46. The topological polar surface area (TPSA) is 0 Å². The summed E-state index contributed by atoms with van der Waals surface area (Å²) in [5, 5.41) is 0.587. The monoisotopic (exact) mass is 262 g/mol. The summed E-state index contributed by atoms with van der Waals surface area (Å²) in [6, 6.07) is 4.77. The summed E-state index contributed by atoms with van der Waals surface area (Å²) in [7, 11) is 0. The van der Waals surface area contributed by atoms with Gasteiger partial charge in [-0.1, -0.05) is 31.5 Å². The van der Waals surface area contributed by atoms with Gasteiger partial charge < -0.3 is 0 Å². The normalized spacial score (nSPS) is 13.1. The molecule has 0 aliphatic rings. The Kier molecular flexibility index (Phi) is 5.57. The third kappa shape index (κ3) is 4.31. The summed E-state index contributed by atoms with van der Waals surface area (Å²) in [6.45, 7) is 4.26. The SMILES string of the molecule is CC(C)CC(Cl)CCc1c(F)cccc1Cl. The van der Waals surface area contributed by atoms with Gasteiger partial charge in [-0.15, -0.1) is 11.6 Å². The predicted octanol–water partition coefficient (Wildman–Crippen LogP) is 5.07. The van der Waals surface area contributed by atoms with Gasteiger partial charge in [-0.25, -0.2) is 4.39 Å². The molecule has 1 aromatic rings. The second-order valence-electron chi connectivity index (χ2n) is 4.47. The fraction of sp³-hybridized carbons (Fsp3) is 0.538. The lowest BCUT2D eigenvalue weighted by molar-refractivity contribution is 0.537. The van der Waals surface area contributed by atoms with E-state index in [0.29, 0.717) is 22.9 Å². The van der Waals surface area contributed by atoms with E-state index in [0.717, 1.165) is 12.8 Å². The summed E-state index contributed by atoms with van der Waals surface area (Å²) in [6.07, 6.45) is 2.32. The molecule has 1 atom stereocenters. The van der Waals surface area contributed by atoms with Crippen LogP contribution >= 0.6 is 23.2 Å². The Bertz CT molecular complexity index is 316. The molecule has 90 valence electrons. The fourth-order valence-corrected chi connectivity index (χ4v) is 2.42. The highest BCUT2D eigenvalue weighted by atomic mass is 35.5. The van der Waals surface area contributed by atoms with E-state index in [1.807, 2.05) is 0 Å². The lowest BCUT2D eigenvalue weighted by Gasteiger charge is -2.12. The van der Waals surface area contributed by atoms with Crippen molar-refractivity contribution in [3.63, 3.8) is 0 Å². The van der Waals surface area contributed by atoms with E-state index < -0.39 is 0 Å². The van der Waals surface area contributed by atoms with Crippen LogP contribution in [0.25, 0.3) is 0 Å². The molecule has 16 heavy (non-hydrogen) atoms. The quantitative estimate of drug-likeness (QED) is 0.651. The van der Waals surface area contributed by atoms with Gasteiger partial charge in [-0.2, -0.15) is 0 Å². The molecule has 0 spiro atoms. The summed E-state index contributed by atoms with van der Waals surface area (Å²) < 4.78 is 13.4. The van der Waals surface area contributed by atoms with E-state index in [2.05, 4.69) is 13.8 Å². The van der Waals surface area contributed by atoms with Crippen LogP contribution in [0.5, 0.6) is 0 Å². The zero-order valence-corrected chi connectivity index (χ0v) is 11.2. The molecule has 1 unspecified atom stereocenters. The summed E-state index contributed by atoms with van der Waals surface area (Å²) >= 11 is 12.1. The highest BCUT2D eigenvalue weighted by Gasteiger charge is 2.11. The highest BCUT2D eigenvalue weighted by molar-refractivity contribution is 6.31. The second-order valence-corrected chi connectivity index (χ2v) is 5.49. The maximum Gasteiger partial charge on any atom is 0.127 e. The molecular formula is C13H17Cl2F. The molecule has 0 radical (unpaired) electrons. The van der Waals surface area contributed by atoms with E-state index in [4.69, 9.17) is 23.2 Å². The molecule has 0 bridgehead atoms. The number of rotatable bonds is 5. The molecule has 0 aliphatic heterocycles.